The van der Waals surface area contributed by atoms with Gasteiger partial charge in [0.15, 0.2) is 0 Å². The van der Waals surface area contributed by atoms with E-state index >= 15 is 0 Å². The van der Waals surface area contributed by atoms with Crippen LogP contribution in [0.25, 0.3) is 0 Å². The molecule has 1 atom stereocenters. The summed E-state index contributed by atoms with van der Waals surface area (Å²) in [4.78, 5) is 0. The van der Waals surface area contributed by atoms with Gasteiger partial charge in [0, 0.05) is 0 Å². The second-order valence-corrected chi connectivity index (χ2v) is 3.74. The lowest BCUT2D eigenvalue weighted by Gasteiger charge is -2.10. The number of nitrogens with two attached hydrogens (primary N) is 1. The van der Waals surface area contributed by atoms with E-state index in [9.17, 15) is 0 Å². The molecule has 1 rings (SSSR count). The molecule has 2 heteroatoms. The van der Waals surface area contributed by atoms with Crippen LogP contribution in [-0.4, -0.2) is 13.7 Å². The molecule has 0 saturated heterocycles. The van der Waals surface area contributed by atoms with Crippen molar-refractivity contribution in [3.05, 3.63) is 29.8 Å². The number of hydrogen-bond donors (Lipinski definition) is 1. The van der Waals surface area contributed by atoms with Crippen molar-refractivity contribution in [2.75, 3.05) is 13.7 Å². The highest BCUT2D eigenvalue weighted by Crippen LogP contribution is 2.16. The number of ether oxygens (including phenoxy) is 1. The van der Waals surface area contributed by atoms with Crippen LogP contribution in [0, 0.1) is 5.92 Å². The summed E-state index contributed by atoms with van der Waals surface area (Å²) in [6, 6.07) is 8.23. The second kappa shape index (κ2) is 5.66. The highest BCUT2D eigenvalue weighted by Gasteiger charge is 2.03. The Bertz CT molecular complexity index is 273. The highest BCUT2D eigenvalue weighted by molar-refractivity contribution is 5.28. The van der Waals surface area contributed by atoms with Gasteiger partial charge < -0.3 is 10.5 Å². The normalized spacial score (nSPS) is 12.5. The van der Waals surface area contributed by atoms with Crippen molar-refractivity contribution in [2.24, 2.45) is 11.7 Å². The molecule has 1 aromatic rings. The van der Waals surface area contributed by atoms with Crippen LogP contribution in [0.5, 0.6) is 5.75 Å². The van der Waals surface area contributed by atoms with Gasteiger partial charge in [0.2, 0.25) is 0 Å². The molecule has 0 aliphatic heterocycles. The lowest BCUT2D eigenvalue weighted by Crippen LogP contribution is -2.08. The minimum atomic E-state index is 0.645. The molecule has 0 saturated carbocycles. The Labute approximate surface area is 86.1 Å². The maximum absolute atomic E-state index is 5.51. The molecule has 1 aromatic carbocycles. The second-order valence-electron chi connectivity index (χ2n) is 3.74. The van der Waals surface area contributed by atoms with Crippen LogP contribution in [0.15, 0.2) is 24.3 Å². The summed E-state index contributed by atoms with van der Waals surface area (Å²) in [6.45, 7) is 3.00. The van der Waals surface area contributed by atoms with Gasteiger partial charge in [-0.2, -0.15) is 0 Å². The maximum Gasteiger partial charge on any atom is 0.119 e. The van der Waals surface area contributed by atoms with E-state index in [0.29, 0.717) is 5.92 Å². The zero-order valence-electron chi connectivity index (χ0n) is 8.99. The predicted molar refractivity (Wildman–Crippen MR) is 59.5 cm³/mol. The summed E-state index contributed by atoms with van der Waals surface area (Å²) in [5, 5.41) is 0. The molecule has 0 heterocycles. The van der Waals surface area contributed by atoms with Gasteiger partial charge in [-0.1, -0.05) is 19.1 Å². The topological polar surface area (TPSA) is 35.2 Å². The van der Waals surface area contributed by atoms with E-state index in [0.717, 1.165) is 25.1 Å². The van der Waals surface area contributed by atoms with Gasteiger partial charge in [-0.25, -0.2) is 0 Å². The van der Waals surface area contributed by atoms with E-state index in [1.807, 2.05) is 12.1 Å². The van der Waals surface area contributed by atoms with Gasteiger partial charge in [0.1, 0.15) is 5.75 Å². The first-order valence-electron chi connectivity index (χ1n) is 5.09. The van der Waals surface area contributed by atoms with Crippen LogP contribution in [0.4, 0.5) is 0 Å². The van der Waals surface area contributed by atoms with Gasteiger partial charge in [-0.15, -0.1) is 0 Å². The van der Waals surface area contributed by atoms with E-state index in [1.54, 1.807) is 7.11 Å². The molecule has 78 valence electrons. The average molecular weight is 193 g/mol. The summed E-state index contributed by atoms with van der Waals surface area (Å²) in [7, 11) is 1.70. The molecule has 0 aliphatic rings. The third-order valence-corrected chi connectivity index (χ3v) is 2.38. The monoisotopic (exact) mass is 193 g/mol. The highest BCUT2D eigenvalue weighted by atomic mass is 16.5. The van der Waals surface area contributed by atoms with Crippen molar-refractivity contribution in [3.63, 3.8) is 0 Å². The van der Waals surface area contributed by atoms with Crippen LogP contribution < -0.4 is 10.5 Å². The Balaban J connectivity index is 2.57. The first kappa shape index (κ1) is 11.1. The first-order chi connectivity index (χ1) is 6.76. The van der Waals surface area contributed by atoms with Gasteiger partial charge >= 0.3 is 0 Å². The summed E-state index contributed by atoms with van der Waals surface area (Å²) >= 11 is 0. The fraction of sp³-hybridized carbons (Fsp3) is 0.500. The Kier molecular flexibility index (Phi) is 4.47. The van der Waals surface area contributed by atoms with Gasteiger partial charge in [-0.3, -0.25) is 0 Å². The summed E-state index contributed by atoms with van der Waals surface area (Å²) < 4.78 is 5.17. The molecule has 0 aliphatic carbocycles. The van der Waals surface area contributed by atoms with Crippen molar-refractivity contribution in [3.8, 4) is 5.75 Å². The molecule has 0 bridgehead atoms. The third kappa shape index (κ3) is 3.38. The minimum absolute atomic E-state index is 0.645. The predicted octanol–water partition coefficient (Wildman–Crippen LogP) is 2.22. The van der Waals surface area contributed by atoms with Crippen LogP contribution in [0.1, 0.15) is 18.9 Å². The van der Waals surface area contributed by atoms with E-state index in [4.69, 9.17) is 10.5 Å². The van der Waals surface area contributed by atoms with Crippen LogP contribution >= 0.6 is 0 Å². The molecule has 0 amide bonds. The first-order valence-corrected chi connectivity index (χ1v) is 5.09. The standard InChI is InChI=1S/C12H19NO/c1-10(6-7-13)8-11-4-3-5-12(9-11)14-2/h3-5,9-10H,6-8,13H2,1-2H3. The van der Waals surface area contributed by atoms with E-state index in [-0.39, 0.29) is 0 Å². The number of methoxy groups -OCH3 is 1. The van der Waals surface area contributed by atoms with Crippen molar-refractivity contribution in [1.82, 2.24) is 0 Å². The quantitative estimate of drug-likeness (QED) is 0.778. The zero-order chi connectivity index (χ0) is 10.4. The average Bonchev–Trinajstić information content (AvgIpc) is 2.18. The molecular weight excluding hydrogens is 174 g/mol. The zero-order valence-corrected chi connectivity index (χ0v) is 8.99. The van der Waals surface area contributed by atoms with Crippen LogP contribution in [0.2, 0.25) is 0 Å². The van der Waals surface area contributed by atoms with Gasteiger partial charge in [0.25, 0.3) is 0 Å². The van der Waals surface area contributed by atoms with E-state index in [1.165, 1.54) is 5.56 Å². The van der Waals surface area contributed by atoms with Gasteiger partial charge in [-0.05, 0) is 43.0 Å². The molecule has 0 aromatic heterocycles. The summed E-state index contributed by atoms with van der Waals surface area (Å²) in [5.41, 5.74) is 6.84. The fourth-order valence-corrected chi connectivity index (χ4v) is 1.59. The molecule has 0 radical (unpaired) electrons. The summed E-state index contributed by atoms with van der Waals surface area (Å²) in [5.74, 6) is 1.58. The molecule has 2 nitrogen and oxygen atoms in total. The molecule has 2 N–H and O–H groups in total. The lowest BCUT2D eigenvalue weighted by molar-refractivity contribution is 0.413. The SMILES string of the molecule is COc1cccc(CC(C)CCN)c1. The Morgan fingerprint density at radius 2 is 2.21 bits per heavy atom. The molecular formula is C12H19NO. The van der Waals surface area contributed by atoms with Crippen molar-refractivity contribution in [2.45, 2.75) is 19.8 Å². The molecule has 1 unspecified atom stereocenters. The maximum atomic E-state index is 5.51. The van der Waals surface area contributed by atoms with Gasteiger partial charge in [0.05, 0.1) is 7.11 Å². The molecule has 14 heavy (non-hydrogen) atoms. The molecule has 0 spiro atoms. The van der Waals surface area contributed by atoms with Crippen molar-refractivity contribution in [1.29, 1.82) is 0 Å². The minimum Gasteiger partial charge on any atom is -0.497 e. The largest absolute Gasteiger partial charge is 0.497 e. The Hall–Kier alpha value is -1.02. The number of rotatable bonds is 5. The van der Waals surface area contributed by atoms with E-state index in [2.05, 4.69) is 19.1 Å². The van der Waals surface area contributed by atoms with Crippen LogP contribution in [-0.2, 0) is 6.42 Å². The summed E-state index contributed by atoms with van der Waals surface area (Å²) in [6.07, 6.45) is 2.16. The smallest absolute Gasteiger partial charge is 0.119 e. The number of hydrogen-bond acceptors (Lipinski definition) is 2. The van der Waals surface area contributed by atoms with E-state index < -0.39 is 0 Å². The van der Waals surface area contributed by atoms with Crippen molar-refractivity contribution < 1.29 is 4.74 Å². The Morgan fingerprint density at radius 3 is 2.86 bits per heavy atom. The van der Waals surface area contributed by atoms with Crippen LogP contribution in [0.3, 0.4) is 0 Å². The lowest BCUT2D eigenvalue weighted by atomic mass is 9.98. The Morgan fingerprint density at radius 1 is 1.43 bits per heavy atom. The third-order valence-electron chi connectivity index (χ3n) is 2.38. The van der Waals surface area contributed by atoms with Crippen molar-refractivity contribution >= 4 is 0 Å². The number of benzene rings is 1. The molecule has 0 fully saturated rings. The fourth-order valence-electron chi connectivity index (χ4n) is 1.59.